The minimum Gasteiger partial charge on any atom is -0.352 e. The summed E-state index contributed by atoms with van der Waals surface area (Å²) in [7, 11) is 0. The van der Waals surface area contributed by atoms with Crippen LogP contribution in [0.5, 0.6) is 0 Å². The fraction of sp³-hybridized carbons (Fsp3) is 0.600. The highest BCUT2D eigenvalue weighted by molar-refractivity contribution is 7.18. The predicted octanol–water partition coefficient (Wildman–Crippen LogP) is 2.67. The molecule has 0 bridgehead atoms. The summed E-state index contributed by atoms with van der Waals surface area (Å²) in [5.74, 6) is 1.15. The summed E-state index contributed by atoms with van der Waals surface area (Å²) >= 11 is 1.78. The van der Waals surface area contributed by atoms with Gasteiger partial charge in [0.2, 0.25) is 0 Å². The minimum atomic E-state index is 0.726. The van der Waals surface area contributed by atoms with Gasteiger partial charge in [0.05, 0.1) is 10.2 Å². The first-order chi connectivity index (χ1) is 9.83. The highest BCUT2D eigenvalue weighted by Gasteiger charge is 2.30. The molecule has 0 N–H and O–H groups in total. The lowest BCUT2D eigenvalue weighted by Crippen LogP contribution is -2.55. The van der Waals surface area contributed by atoms with Crippen molar-refractivity contribution in [3.63, 3.8) is 0 Å². The van der Waals surface area contributed by atoms with Crippen LogP contribution in [0.2, 0.25) is 0 Å². The fourth-order valence-corrected chi connectivity index (χ4v) is 4.55. The molecule has 0 aromatic carbocycles. The van der Waals surface area contributed by atoms with Gasteiger partial charge in [0.1, 0.15) is 12.1 Å². The number of rotatable bonds is 1. The van der Waals surface area contributed by atoms with Gasteiger partial charge in [-0.25, -0.2) is 9.97 Å². The van der Waals surface area contributed by atoms with Crippen molar-refractivity contribution in [1.29, 1.82) is 0 Å². The smallest absolute Gasteiger partial charge is 0.150 e. The van der Waals surface area contributed by atoms with Crippen LogP contribution in [0.25, 0.3) is 10.2 Å². The number of hydrogen-bond acceptors (Lipinski definition) is 5. The van der Waals surface area contributed by atoms with Crippen LogP contribution in [0.3, 0.4) is 0 Å². The Morgan fingerprint density at radius 1 is 1.20 bits per heavy atom. The predicted molar refractivity (Wildman–Crippen MR) is 83.6 cm³/mol. The molecule has 0 aliphatic carbocycles. The first-order valence-corrected chi connectivity index (χ1v) is 8.38. The van der Waals surface area contributed by atoms with Crippen molar-refractivity contribution >= 4 is 27.4 Å². The van der Waals surface area contributed by atoms with Crippen LogP contribution >= 0.6 is 11.3 Å². The summed E-state index contributed by atoms with van der Waals surface area (Å²) in [6, 6.07) is 0.726. The number of aryl methyl sites for hydroxylation is 1. The van der Waals surface area contributed by atoms with Gasteiger partial charge >= 0.3 is 0 Å². The second-order valence-corrected chi connectivity index (χ2v) is 6.80. The molecule has 0 amide bonds. The third-order valence-corrected chi connectivity index (χ3v) is 5.73. The van der Waals surface area contributed by atoms with Gasteiger partial charge in [-0.15, -0.1) is 11.3 Å². The highest BCUT2D eigenvalue weighted by Crippen LogP contribution is 2.32. The Bertz CT molecular complexity index is 623. The van der Waals surface area contributed by atoms with Gasteiger partial charge in [-0.2, -0.15) is 0 Å². The summed E-state index contributed by atoms with van der Waals surface area (Å²) < 4.78 is 1.26. The molecule has 5 heteroatoms. The molecule has 0 saturated carbocycles. The minimum absolute atomic E-state index is 0.726. The van der Waals surface area contributed by atoms with Gasteiger partial charge in [0.15, 0.2) is 0 Å². The molecule has 2 aromatic heterocycles. The lowest BCUT2D eigenvalue weighted by atomic mass is 9.99. The van der Waals surface area contributed by atoms with Gasteiger partial charge < -0.3 is 4.90 Å². The number of fused-ring (bicyclic) bond motifs is 2. The molecule has 2 aromatic rings. The van der Waals surface area contributed by atoms with Crippen LogP contribution in [0, 0.1) is 6.92 Å². The summed E-state index contributed by atoms with van der Waals surface area (Å²) in [4.78, 5) is 14.2. The van der Waals surface area contributed by atoms with Gasteiger partial charge in [-0.05, 0) is 37.3 Å². The van der Waals surface area contributed by atoms with E-state index < -0.39 is 0 Å². The second-order valence-electron chi connectivity index (χ2n) is 5.93. The summed E-state index contributed by atoms with van der Waals surface area (Å²) in [5, 5.41) is 2.19. The van der Waals surface area contributed by atoms with Crippen molar-refractivity contribution in [2.75, 3.05) is 31.1 Å². The molecule has 2 aliphatic rings. The van der Waals surface area contributed by atoms with Crippen LogP contribution in [-0.2, 0) is 0 Å². The van der Waals surface area contributed by atoms with Crippen LogP contribution in [-0.4, -0.2) is 47.1 Å². The highest BCUT2D eigenvalue weighted by atomic mass is 32.1. The molecule has 0 spiro atoms. The average molecular weight is 288 g/mol. The molecule has 0 radical (unpaired) electrons. The van der Waals surface area contributed by atoms with Gasteiger partial charge in [-0.3, -0.25) is 4.90 Å². The third-order valence-electron chi connectivity index (χ3n) is 4.65. The van der Waals surface area contributed by atoms with E-state index in [1.165, 1.54) is 42.6 Å². The van der Waals surface area contributed by atoms with E-state index in [0.717, 1.165) is 30.5 Å². The van der Waals surface area contributed by atoms with Gasteiger partial charge in [-0.1, -0.05) is 6.42 Å². The van der Waals surface area contributed by atoms with Gasteiger partial charge in [0.25, 0.3) is 0 Å². The molecule has 2 aliphatic heterocycles. The molecule has 4 rings (SSSR count). The third kappa shape index (κ3) is 2.00. The quantitative estimate of drug-likeness (QED) is 0.807. The summed E-state index contributed by atoms with van der Waals surface area (Å²) in [6.45, 7) is 6.83. The molecular weight excluding hydrogens is 268 g/mol. The largest absolute Gasteiger partial charge is 0.352 e. The molecule has 106 valence electrons. The van der Waals surface area contributed by atoms with E-state index in [9.17, 15) is 0 Å². The first-order valence-electron chi connectivity index (χ1n) is 7.51. The van der Waals surface area contributed by atoms with Crippen LogP contribution in [0.4, 0.5) is 5.82 Å². The van der Waals surface area contributed by atoms with Crippen molar-refractivity contribution in [2.24, 2.45) is 0 Å². The monoisotopic (exact) mass is 288 g/mol. The van der Waals surface area contributed by atoms with Crippen molar-refractivity contribution in [1.82, 2.24) is 14.9 Å². The Labute approximate surface area is 123 Å². The lowest BCUT2D eigenvalue weighted by Gasteiger charge is -2.44. The molecule has 20 heavy (non-hydrogen) atoms. The maximum Gasteiger partial charge on any atom is 0.150 e. The van der Waals surface area contributed by atoms with Gasteiger partial charge in [0, 0.05) is 25.7 Å². The Hall–Kier alpha value is -1.20. The fourth-order valence-electron chi connectivity index (χ4n) is 3.53. The zero-order valence-electron chi connectivity index (χ0n) is 11.9. The molecule has 1 atom stereocenters. The average Bonchev–Trinajstić information content (AvgIpc) is 2.88. The normalized spacial score (nSPS) is 24.1. The molecule has 4 heterocycles. The zero-order chi connectivity index (χ0) is 13.5. The number of hydrogen-bond donors (Lipinski definition) is 0. The maximum absolute atomic E-state index is 4.59. The number of thiophene rings is 1. The number of anilines is 1. The topological polar surface area (TPSA) is 32.3 Å². The van der Waals surface area contributed by atoms with E-state index in [0.29, 0.717) is 0 Å². The number of nitrogens with zero attached hydrogens (tertiary/aromatic N) is 4. The van der Waals surface area contributed by atoms with Crippen molar-refractivity contribution < 1.29 is 0 Å². The zero-order valence-corrected chi connectivity index (χ0v) is 12.7. The van der Waals surface area contributed by atoms with Crippen molar-refractivity contribution in [2.45, 2.75) is 32.2 Å². The van der Waals surface area contributed by atoms with E-state index >= 15 is 0 Å². The number of piperazine rings is 1. The van der Waals surface area contributed by atoms with Crippen LogP contribution in [0.1, 0.15) is 24.8 Å². The number of aromatic nitrogens is 2. The van der Waals surface area contributed by atoms with Crippen LogP contribution < -0.4 is 4.90 Å². The Kier molecular flexibility index (Phi) is 3.11. The SMILES string of the molecule is Cc1csc2c(N3CCN4CCCC[C@@H]4C3)ncnc12. The van der Waals surface area contributed by atoms with Crippen LogP contribution in [0.15, 0.2) is 11.7 Å². The van der Waals surface area contributed by atoms with E-state index in [4.69, 9.17) is 0 Å². The summed E-state index contributed by atoms with van der Waals surface area (Å²) in [5.41, 5.74) is 2.40. The van der Waals surface area contributed by atoms with Crippen molar-refractivity contribution in [3.05, 3.63) is 17.3 Å². The van der Waals surface area contributed by atoms with E-state index in [2.05, 4.69) is 32.1 Å². The molecule has 0 unspecified atom stereocenters. The van der Waals surface area contributed by atoms with E-state index in [1.807, 2.05) is 0 Å². The molecule has 4 nitrogen and oxygen atoms in total. The lowest BCUT2D eigenvalue weighted by molar-refractivity contribution is 0.133. The standard InChI is InChI=1S/C15H20N4S/c1-11-9-20-14-13(11)16-10-17-15(14)19-7-6-18-5-3-2-4-12(18)8-19/h9-10,12H,2-8H2,1H3/t12-/m1/s1. The molecular formula is C15H20N4S. The van der Waals surface area contributed by atoms with E-state index in [1.54, 1.807) is 17.7 Å². The molecule has 2 fully saturated rings. The van der Waals surface area contributed by atoms with Crippen molar-refractivity contribution in [3.8, 4) is 0 Å². The second kappa shape index (κ2) is 4.97. The molecule has 2 saturated heterocycles. The Balaban J connectivity index is 1.66. The van der Waals surface area contributed by atoms with E-state index in [-0.39, 0.29) is 0 Å². The summed E-state index contributed by atoms with van der Waals surface area (Å²) in [6.07, 6.45) is 5.82. The maximum atomic E-state index is 4.59. The Morgan fingerprint density at radius 2 is 2.15 bits per heavy atom. The number of piperidine rings is 1. The Morgan fingerprint density at radius 3 is 3.10 bits per heavy atom. The first kappa shape index (κ1) is 12.5.